The third-order valence-corrected chi connectivity index (χ3v) is 5.61. The minimum absolute atomic E-state index is 0.0707. The molecular weight excluding hydrogens is 452 g/mol. The number of aromatic nitrogens is 2. The summed E-state index contributed by atoms with van der Waals surface area (Å²) in [6.07, 6.45) is 6.79. The molecule has 0 spiro atoms. The standard InChI is InChI=1S/C26H28N2O7/c1-27-18(11-7-16-9-13-20(32-3)24(34-5)22(16)29)15-19(28(2)26(27)31)12-8-17-10-14-21(33-4)25(35-6)23(17)30/h7-15H,1-6H3,(H,29,30)/p+1. The third-order valence-electron chi connectivity index (χ3n) is 5.61. The van der Waals surface area contributed by atoms with Crippen LogP contribution < -0.4 is 29.2 Å². The summed E-state index contributed by atoms with van der Waals surface area (Å²) < 4.78 is 23.8. The van der Waals surface area contributed by atoms with Crippen molar-refractivity contribution in [3.05, 3.63) is 63.3 Å². The quantitative estimate of drug-likeness (QED) is 0.477. The summed E-state index contributed by atoms with van der Waals surface area (Å²) in [5, 5.41) is 21.1. The van der Waals surface area contributed by atoms with Gasteiger partial charge in [-0.2, -0.15) is 13.9 Å². The molecule has 35 heavy (non-hydrogen) atoms. The smallest absolute Gasteiger partial charge is 0.498 e. The Hall–Kier alpha value is -4.40. The molecule has 0 saturated heterocycles. The Morgan fingerprint density at radius 1 is 0.771 bits per heavy atom. The number of hydrogen-bond donors (Lipinski definition) is 2. The lowest BCUT2D eigenvalue weighted by molar-refractivity contribution is -0.692. The van der Waals surface area contributed by atoms with E-state index in [9.17, 15) is 15.0 Å². The molecule has 0 amide bonds. The fourth-order valence-electron chi connectivity index (χ4n) is 3.58. The van der Waals surface area contributed by atoms with Crippen molar-refractivity contribution < 1.29 is 33.7 Å². The summed E-state index contributed by atoms with van der Waals surface area (Å²) in [5.41, 5.74) is 1.93. The Morgan fingerprint density at radius 2 is 1.26 bits per heavy atom. The monoisotopic (exact) mass is 481 g/mol. The molecule has 9 nitrogen and oxygen atoms in total. The van der Waals surface area contributed by atoms with Gasteiger partial charge >= 0.3 is 5.69 Å². The zero-order valence-electron chi connectivity index (χ0n) is 20.5. The number of hydrogen-bond acceptors (Lipinski definition) is 7. The van der Waals surface area contributed by atoms with Crippen molar-refractivity contribution in [3.63, 3.8) is 0 Å². The van der Waals surface area contributed by atoms with Crippen LogP contribution in [0.25, 0.3) is 24.3 Å². The van der Waals surface area contributed by atoms with Crippen LogP contribution in [-0.2, 0) is 14.1 Å². The van der Waals surface area contributed by atoms with Crippen LogP contribution >= 0.6 is 0 Å². The minimum atomic E-state index is -0.250. The predicted molar refractivity (Wildman–Crippen MR) is 133 cm³/mol. The molecule has 0 bridgehead atoms. The van der Waals surface area contributed by atoms with Gasteiger partial charge < -0.3 is 29.2 Å². The second-order valence-electron chi connectivity index (χ2n) is 7.54. The topological polar surface area (TPSA) is 103 Å². The first kappa shape index (κ1) is 25.2. The molecule has 3 aromatic rings. The van der Waals surface area contributed by atoms with Crippen molar-refractivity contribution in [3.8, 4) is 34.5 Å². The highest BCUT2D eigenvalue weighted by Crippen LogP contribution is 2.40. The highest BCUT2D eigenvalue weighted by atomic mass is 16.5. The Bertz CT molecular complexity index is 1260. The zero-order valence-corrected chi connectivity index (χ0v) is 20.5. The van der Waals surface area contributed by atoms with Gasteiger partial charge in [-0.05, 0) is 48.6 Å². The van der Waals surface area contributed by atoms with E-state index in [-0.39, 0.29) is 28.7 Å². The van der Waals surface area contributed by atoms with Crippen molar-refractivity contribution in [2.24, 2.45) is 14.1 Å². The lowest BCUT2D eigenvalue weighted by atomic mass is 10.1. The number of rotatable bonds is 8. The van der Waals surface area contributed by atoms with Crippen LogP contribution in [0.2, 0.25) is 0 Å². The molecule has 0 aliphatic carbocycles. The SMILES string of the molecule is COc1ccc(/C=C/c2cc(/C=C/c3ccc(OC)c(OC)c3O)[n+](C)c(=O)n2C)c(O)c1OC. The molecule has 0 aliphatic heterocycles. The first-order chi connectivity index (χ1) is 16.8. The second kappa shape index (κ2) is 10.7. The first-order valence-electron chi connectivity index (χ1n) is 10.6. The largest absolute Gasteiger partial charge is 0.504 e. The molecule has 2 N–H and O–H groups in total. The van der Waals surface area contributed by atoms with Crippen LogP contribution in [0.5, 0.6) is 34.5 Å². The second-order valence-corrected chi connectivity index (χ2v) is 7.54. The maximum absolute atomic E-state index is 12.8. The Kier molecular flexibility index (Phi) is 7.70. The average Bonchev–Trinajstić information content (AvgIpc) is 2.87. The molecule has 184 valence electrons. The lowest BCUT2D eigenvalue weighted by Gasteiger charge is -2.11. The number of phenols is 2. The van der Waals surface area contributed by atoms with E-state index >= 15 is 0 Å². The van der Waals surface area contributed by atoms with Crippen molar-refractivity contribution in [2.75, 3.05) is 28.4 Å². The summed E-state index contributed by atoms with van der Waals surface area (Å²) in [6.45, 7) is 0. The molecule has 2 aromatic carbocycles. The van der Waals surface area contributed by atoms with Crippen LogP contribution in [0.1, 0.15) is 22.5 Å². The van der Waals surface area contributed by atoms with Crippen molar-refractivity contribution >= 4 is 24.3 Å². The Labute approximate surface area is 203 Å². The van der Waals surface area contributed by atoms with Gasteiger partial charge in [0.25, 0.3) is 0 Å². The van der Waals surface area contributed by atoms with Crippen LogP contribution in [0, 0.1) is 0 Å². The van der Waals surface area contributed by atoms with Crippen LogP contribution in [-0.4, -0.2) is 43.2 Å². The van der Waals surface area contributed by atoms with Gasteiger partial charge in [0.15, 0.2) is 23.0 Å². The molecule has 3 rings (SSSR count). The van der Waals surface area contributed by atoms with E-state index in [2.05, 4.69) is 0 Å². The van der Waals surface area contributed by atoms with E-state index in [1.807, 2.05) is 6.07 Å². The van der Waals surface area contributed by atoms with Gasteiger partial charge in [0, 0.05) is 17.2 Å². The molecule has 0 unspecified atom stereocenters. The van der Waals surface area contributed by atoms with E-state index in [0.29, 0.717) is 34.0 Å². The van der Waals surface area contributed by atoms with Gasteiger partial charge in [-0.25, -0.2) is 0 Å². The molecule has 9 heteroatoms. The van der Waals surface area contributed by atoms with E-state index in [1.54, 1.807) is 62.7 Å². The number of ether oxygens (including phenoxy) is 4. The minimum Gasteiger partial charge on any atom is -0.504 e. The van der Waals surface area contributed by atoms with Gasteiger partial charge in [0.2, 0.25) is 11.5 Å². The molecule has 0 aliphatic rings. The normalized spacial score (nSPS) is 11.3. The summed E-state index contributed by atoms with van der Waals surface area (Å²) in [4.78, 5) is 12.8. The Morgan fingerprint density at radius 3 is 1.71 bits per heavy atom. The Balaban J connectivity index is 2.02. The number of methoxy groups -OCH3 is 4. The summed E-state index contributed by atoms with van der Waals surface area (Å²) in [5.74, 6) is 1.12. The fourth-order valence-corrected chi connectivity index (χ4v) is 3.58. The van der Waals surface area contributed by atoms with E-state index < -0.39 is 0 Å². The molecule has 1 aromatic heterocycles. The maximum Gasteiger partial charge on any atom is 0.498 e. The molecule has 0 radical (unpaired) electrons. The summed E-state index contributed by atoms with van der Waals surface area (Å²) >= 11 is 0. The van der Waals surface area contributed by atoms with E-state index in [1.165, 1.54) is 37.6 Å². The first-order valence-corrected chi connectivity index (χ1v) is 10.6. The summed E-state index contributed by atoms with van der Waals surface area (Å²) in [7, 11) is 9.18. The zero-order chi connectivity index (χ0) is 25.7. The number of nitrogens with zero attached hydrogens (tertiary/aromatic N) is 2. The molecule has 1 heterocycles. The third kappa shape index (κ3) is 4.93. The molecule has 0 saturated carbocycles. The van der Waals surface area contributed by atoms with Gasteiger partial charge in [-0.1, -0.05) is 0 Å². The number of benzene rings is 2. The van der Waals surface area contributed by atoms with E-state index in [4.69, 9.17) is 18.9 Å². The lowest BCUT2D eigenvalue weighted by Crippen LogP contribution is -2.53. The van der Waals surface area contributed by atoms with Gasteiger partial charge in [0.1, 0.15) is 11.4 Å². The van der Waals surface area contributed by atoms with Gasteiger partial charge in [0.05, 0.1) is 42.5 Å². The fraction of sp³-hybridized carbons (Fsp3) is 0.231. The average molecular weight is 482 g/mol. The van der Waals surface area contributed by atoms with Gasteiger partial charge in [-0.3, -0.25) is 0 Å². The predicted octanol–water partition coefficient (Wildman–Crippen LogP) is 3.00. The summed E-state index contributed by atoms with van der Waals surface area (Å²) in [6, 6.07) is 8.56. The molecule has 0 fully saturated rings. The van der Waals surface area contributed by atoms with Crippen molar-refractivity contribution in [1.82, 2.24) is 4.57 Å². The van der Waals surface area contributed by atoms with Crippen LogP contribution in [0.15, 0.2) is 35.1 Å². The number of phenolic OH excluding ortho intramolecular Hbond substituents is 2. The molecule has 0 atom stereocenters. The van der Waals surface area contributed by atoms with Gasteiger partial charge in [-0.15, -0.1) is 0 Å². The highest BCUT2D eigenvalue weighted by Gasteiger charge is 2.16. The number of aromatic hydroxyl groups is 2. The maximum atomic E-state index is 12.8. The van der Waals surface area contributed by atoms with E-state index in [0.717, 1.165) is 0 Å². The van der Waals surface area contributed by atoms with Crippen molar-refractivity contribution in [2.45, 2.75) is 0 Å². The molecular formula is C26H29N2O7+. The highest BCUT2D eigenvalue weighted by molar-refractivity contribution is 5.77. The van der Waals surface area contributed by atoms with Crippen LogP contribution in [0.3, 0.4) is 0 Å². The van der Waals surface area contributed by atoms with Crippen LogP contribution in [0.4, 0.5) is 0 Å². The van der Waals surface area contributed by atoms with Crippen molar-refractivity contribution in [1.29, 1.82) is 0 Å².